The Kier molecular flexibility index (Phi) is 3.18. The van der Waals surface area contributed by atoms with Crippen LogP contribution >= 0.6 is 11.8 Å². The second-order valence-electron chi connectivity index (χ2n) is 4.31. The Hall–Kier alpha value is -1.23. The zero-order valence-corrected chi connectivity index (χ0v) is 10.4. The average molecular weight is 249 g/mol. The maximum atomic E-state index is 5.38. The molecule has 1 saturated carbocycles. The van der Waals surface area contributed by atoms with Crippen molar-refractivity contribution in [3.05, 3.63) is 24.7 Å². The van der Waals surface area contributed by atoms with E-state index >= 15 is 0 Å². The molecule has 0 saturated heterocycles. The van der Waals surface area contributed by atoms with Crippen LogP contribution in [0.4, 0.5) is 0 Å². The first-order chi connectivity index (χ1) is 8.43. The van der Waals surface area contributed by atoms with Crippen molar-refractivity contribution in [3.63, 3.8) is 0 Å². The van der Waals surface area contributed by atoms with E-state index in [-0.39, 0.29) is 0 Å². The Balaban J connectivity index is 1.77. The fourth-order valence-corrected chi connectivity index (χ4v) is 3.41. The Morgan fingerprint density at radius 3 is 2.94 bits per heavy atom. The number of hydrogen-bond donors (Lipinski definition) is 0. The third-order valence-electron chi connectivity index (χ3n) is 3.08. The molecule has 0 aromatic carbocycles. The van der Waals surface area contributed by atoms with Crippen LogP contribution in [0.25, 0.3) is 5.88 Å². The maximum Gasteiger partial charge on any atom is 0.206 e. The van der Waals surface area contributed by atoms with Gasteiger partial charge in [0.25, 0.3) is 0 Å². The van der Waals surface area contributed by atoms with E-state index in [9.17, 15) is 0 Å². The van der Waals surface area contributed by atoms with E-state index in [4.69, 9.17) is 4.42 Å². The molecule has 0 spiro atoms. The van der Waals surface area contributed by atoms with Gasteiger partial charge in [-0.3, -0.25) is 0 Å². The minimum Gasteiger partial charge on any atom is -0.448 e. The maximum absolute atomic E-state index is 5.38. The highest BCUT2D eigenvalue weighted by atomic mass is 32.2. The van der Waals surface area contributed by atoms with Gasteiger partial charge in [-0.05, 0) is 18.9 Å². The standard InChI is InChI=1S/C12H15N3OS/c1-2-5-10(6-3-1)17-12-14-13-9-15(12)11-7-4-8-16-11/h4,7-10H,1-3,5-6H2. The number of aromatic nitrogens is 3. The summed E-state index contributed by atoms with van der Waals surface area (Å²) in [5.41, 5.74) is 0. The Bertz CT molecular complexity index is 460. The van der Waals surface area contributed by atoms with Crippen LogP contribution in [0.5, 0.6) is 0 Å². The summed E-state index contributed by atoms with van der Waals surface area (Å²) in [5, 5.41) is 9.78. The summed E-state index contributed by atoms with van der Waals surface area (Å²) < 4.78 is 7.29. The van der Waals surface area contributed by atoms with Crippen LogP contribution in [0.2, 0.25) is 0 Å². The summed E-state index contributed by atoms with van der Waals surface area (Å²) in [6, 6.07) is 3.80. The molecule has 17 heavy (non-hydrogen) atoms. The van der Waals surface area contributed by atoms with Gasteiger partial charge in [-0.2, -0.15) is 0 Å². The van der Waals surface area contributed by atoms with E-state index in [0.29, 0.717) is 5.25 Å². The predicted octanol–water partition coefficient (Wildman–Crippen LogP) is 3.29. The fraction of sp³-hybridized carbons (Fsp3) is 0.500. The lowest BCUT2D eigenvalue weighted by molar-refractivity contribution is 0.511. The third kappa shape index (κ3) is 2.39. The van der Waals surface area contributed by atoms with Crippen molar-refractivity contribution in [1.82, 2.24) is 14.8 Å². The van der Waals surface area contributed by atoms with Crippen LogP contribution in [-0.2, 0) is 0 Å². The van der Waals surface area contributed by atoms with E-state index in [0.717, 1.165) is 11.0 Å². The quantitative estimate of drug-likeness (QED) is 0.837. The van der Waals surface area contributed by atoms with E-state index in [1.165, 1.54) is 32.1 Å². The van der Waals surface area contributed by atoms with Gasteiger partial charge in [-0.15, -0.1) is 10.2 Å². The Morgan fingerprint density at radius 2 is 2.18 bits per heavy atom. The smallest absolute Gasteiger partial charge is 0.206 e. The molecule has 90 valence electrons. The van der Waals surface area contributed by atoms with Crippen molar-refractivity contribution in [1.29, 1.82) is 0 Å². The van der Waals surface area contributed by atoms with Gasteiger partial charge in [0.15, 0.2) is 5.16 Å². The van der Waals surface area contributed by atoms with Crippen LogP contribution in [0.15, 0.2) is 34.3 Å². The van der Waals surface area contributed by atoms with Gasteiger partial charge in [0.05, 0.1) is 6.26 Å². The van der Waals surface area contributed by atoms with E-state index < -0.39 is 0 Å². The first-order valence-corrected chi connectivity index (χ1v) is 6.92. The third-order valence-corrected chi connectivity index (χ3v) is 4.38. The molecule has 2 aromatic rings. The van der Waals surface area contributed by atoms with Crippen molar-refractivity contribution in [2.24, 2.45) is 0 Å². The van der Waals surface area contributed by atoms with Crippen LogP contribution < -0.4 is 0 Å². The largest absolute Gasteiger partial charge is 0.448 e. The van der Waals surface area contributed by atoms with E-state index in [1.54, 1.807) is 12.6 Å². The Labute approximate surface area is 104 Å². The first-order valence-electron chi connectivity index (χ1n) is 6.04. The molecule has 0 N–H and O–H groups in total. The summed E-state index contributed by atoms with van der Waals surface area (Å²) in [6.07, 6.45) is 10.0. The molecule has 1 aliphatic rings. The molecule has 2 heterocycles. The predicted molar refractivity (Wildman–Crippen MR) is 66.4 cm³/mol. The molecule has 5 heteroatoms. The number of thioether (sulfide) groups is 1. The highest BCUT2D eigenvalue weighted by Crippen LogP contribution is 2.33. The van der Waals surface area contributed by atoms with Gasteiger partial charge in [-0.25, -0.2) is 4.57 Å². The van der Waals surface area contributed by atoms with E-state index in [2.05, 4.69) is 10.2 Å². The van der Waals surface area contributed by atoms with Gasteiger partial charge in [-0.1, -0.05) is 31.0 Å². The molecule has 0 amide bonds. The molecule has 3 rings (SSSR count). The number of nitrogens with zero attached hydrogens (tertiary/aromatic N) is 3. The SMILES string of the molecule is c1coc(-n2cnnc2SC2CCCCC2)c1. The topological polar surface area (TPSA) is 43.9 Å². The molecule has 0 radical (unpaired) electrons. The van der Waals surface area contributed by atoms with Crippen molar-refractivity contribution in [2.75, 3.05) is 0 Å². The molecule has 4 nitrogen and oxygen atoms in total. The van der Waals surface area contributed by atoms with Crippen molar-refractivity contribution in [3.8, 4) is 5.88 Å². The van der Waals surface area contributed by atoms with Gasteiger partial charge in [0.2, 0.25) is 5.88 Å². The number of rotatable bonds is 3. The van der Waals surface area contributed by atoms with Crippen LogP contribution in [0.3, 0.4) is 0 Å². The van der Waals surface area contributed by atoms with Gasteiger partial charge < -0.3 is 4.42 Å². The van der Waals surface area contributed by atoms with Gasteiger partial charge in [0.1, 0.15) is 6.33 Å². The monoisotopic (exact) mass is 249 g/mol. The van der Waals surface area contributed by atoms with Crippen LogP contribution in [-0.4, -0.2) is 20.0 Å². The molecule has 0 unspecified atom stereocenters. The minimum absolute atomic E-state index is 0.682. The lowest BCUT2D eigenvalue weighted by atomic mass is 10.0. The summed E-state index contributed by atoms with van der Waals surface area (Å²) >= 11 is 1.83. The fourth-order valence-electron chi connectivity index (χ4n) is 2.19. The highest BCUT2D eigenvalue weighted by Gasteiger charge is 2.18. The molecule has 1 fully saturated rings. The summed E-state index contributed by atoms with van der Waals surface area (Å²) in [7, 11) is 0. The molecular weight excluding hydrogens is 234 g/mol. The zero-order chi connectivity index (χ0) is 11.5. The van der Waals surface area contributed by atoms with Crippen molar-refractivity contribution in [2.45, 2.75) is 42.5 Å². The van der Waals surface area contributed by atoms with Crippen molar-refractivity contribution >= 4 is 11.8 Å². The summed E-state index contributed by atoms with van der Waals surface area (Å²) in [6.45, 7) is 0. The average Bonchev–Trinajstić information content (AvgIpc) is 3.00. The second-order valence-corrected chi connectivity index (χ2v) is 5.58. The lowest BCUT2D eigenvalue weighted by Crippen LogP contribution is -2.09. The van der Waals surface area contributed by atoms with Crippen LogP contribution in [0, 0.1) is 0 Å². The van der Waals surface area contributed by atoms with Crippen molar-refractivity contribution < 1.29 is 4.42 Å². The number of hydrogen-bond acceptors (Lipinski definition) is 4. The normalized spacial score (nSPS) is 17.4. The Morgan fingerprint density at radius 1 is 1.29 bits per heavy atom. The second kappa shape index (κ2) is 4.96. The first kappa shape index (κ1) is 10.9. The summed E-state index contributed by atoms with van der Waals surface area (Å²) in [4.78, 5) is 0. The highest BCUT2D eigenvalue weighted by molar-refractivity contribution is 7.99. The lowest BCUT2D eigenvalue weighted by Gasteiger charge is -2.20. The molecule has 0 atom stereocenters. The van der Waals surface area contributed by atoms with Crippen LogP contribution in [0.1, 0.15) is 32.1 Å². The number of furan rings is 1. The molecule has 2 aromatic heterocycles. The molecular formula is C12H15N3OS. The molecule has 1 aliphatic carbocycles. The van der Waals surface area contributed by atoms with E-state index in [1.807, 2.05) is 28.5 Å². The molecule has 0 aliphatic heterocycles. The summed E-state index contributed by atoms with van der Waals surface area (Å²) in [5.74, 6) is 0.785. The van der Waals surface area contributed by atoms with Gasteiger partial charge in [0, 0.05) is 11.3 Å². The minimum atomic E-state index is 0.682. The molecule has 0 bridgehead atoms. The zero-order valence-electron chi connectivity index (χ0n) is 9.58. The van der Waals surface area contributed by atoms with Gasteiger partial charge >= 0.3 is 0 Å².